The SMILES string of the molecule is Oc1cccc2ccc(-c3[c-]c4c(cc3)Nc3ccccc3N4c3cc(-c4ccccc4)ccn3)nc12.[Pt]. The van der Waals surface area contributed by atoms with Crippen molar-refractivity contribution >= 4 is 39.5 Å². The van der Waals surface area contributed by atoms with Gasteiger partial charge in [0, 0.05) is 32.6 Å². The number of rotatable bonds is 3. The summed E-state index contributed by atoms with van der Waals surface area (Å²) in [5, 5.41) is 14.8. The Labute approximate surface area is 234 Å². The maximum Gasteiger partial charge on any atom is 0.140 e. The Balaban J connectivity index is 0.00000264. The molecule has 0 spiro atoms. The second-order valence-electron chi connectivity index (χ2n) is 8.93. The molecule has 0 saturated heterocycles. The fourth-order valence-corrected chi connectivity index (χ4v) is 4.82. The van der Waals surface area contributed by atoms with E-state index in [1.165, 1.54) is 0 Å². The zero-order chi connectivity index (χ0) is 24.8. The number of phenolic OH excluding ortho intramolecular Hbond substituents is 1. The number of hydrogen-bond donors (Lipinski definition) is 2. The predicted octanol–water partition coefficient (Wildman–Crippen LogP) is 7.99. The molecule has 0 fully saturated rings. The molecule has 0 amide bonds. The molecule has 2 N–H and O–H groups in total. The quantitative estimate of drug-likeness (QED) is 0.187. The average Bonchev–Trinajstić information content (AvgIpc) is 2.96. The maximum atomic E-state index is 10.4. The first-order valence-electron chi connectivity index (χ1n) is 12.1. The molecule has 0 aliphatic carbocycles. The molecule has 3 heterocycles. The van der Waals surface area contributed by atoms with Crippen LogP contribution in [0.15, 0.2) is 115 Å². The third kappa shape index (κ3) is 4.11. The van der Waals surface area contributed by atoms with Crippen molar-refractivity contribution in [3.8, 4) is 28.1 Å². The third-order valence-corrected chi connectivity index (χ3v) is 6.62. The van der Waals surface area contributed by atoms with Crippen molar-refractivity contribution in [2.75, 3.05) is 10.2 Å². The second kappa shape index (κ2) is 9.77. The van der Waals surface area contributed by atoms with Gasteiger partial charge in [0.2, 0.25) is 0 Å². The number of nitrogens with one attached hydrogen (secondary N) is 1. The van der Waals surface area contributed by atoms with Crippen molar-refractivity contribution in [1.82, 2.24) is 9.97 Å². The summed E-state index contributed by atoms with van der Waals surface area (Å²) in [4.78, 5) is 11.7. The molecule has 0 saturated carbocycles. The Kier molecular flexibility index (Phi) is 6.14. The van der Waals surface area contributed by atoms with Gasteiger partial charge in [-0.1, -0.05) is 66.7 Å². The Bertz CT molecular complexity index is 1790. The molecule has 0 atom stereocenters. The molecule has 6 heteroatoms. The molecular weight excluding hydrogens is 651 g/mol. The summed E-state index contributed by atoms with van der Waals surface area (Å²) in [5.74, 6) is 0.963. The second-order valence-corrected chi connectivity index (χ2v) is 8.93. The van der Waals surface area contributed by atoms with Crippen LogP contribution in [-0.2, 0) is 21.1 Å². The van der Waals surface area contributed by atoms with E-state index in [2.05, 4.69) is 46.6 Å². The molecule has 1 aliphatic heterocycles. The van der Waals surface area contributed by atoms with E-state index >= 15 is 0 Å². The van der Waals surface area contributed by atoms with Gasteiger partial charge in [-0.2, -0.15) is 0 Å². The van der Waals surface area contributed by atoms with E-state index in [1.807, 2.05) is 79.0 Å². The summed E-state index contributed by atoms with van der Waals surface area (Å²) in [6.07, 6.45) is 1.85. The van der Waals surface area contributed by atoms with Crippen molar-refractivity contribution < 1.29 is 26.2 Å². The molecule has 38 heavy (non-hydrogen) atoms. The number of aromatic hydroxyl groups is 1. The molecule has 2 aromatic heterocycles. The van der Waals surface area contributed by atoms with E-state index in [4.69, 9.17) is 9.97 Å². The number of hydrogen-bond acceptors (Lipinski definition) is 5. The molecule has 4 aromatic carbocycles. The van der Waals surface area contributed by atoms with E-state index in [0.29, 0.717) is 5.52 Å². The zero-order valence-electron chi connectivity index (χ0n) is 20.1. The van der Waals surface area contributed by atoms with Crippen LogP contribution < -0.4 is 10.2 Å². The van der Waals surface area contributed by atoms with Crippen LogP contribution in [0, 0.1) is 6.07 Å². The topological polar surface area (TPSA) is 61.3 Å². The minimum atomic E-state index is 0. The molecule has 5 nitrogen and oxygen atoms in total. The minimum absolute atomic E-state index is 0. The molecule has 6 aromatic rings. The van der Waals surface area contributed by atoms with E-state index < -0.39 is 0 Å². The van der Waals surface area contributed by atoms with Crippen LogP contribution in [0.1, 0.15) is 0 Å². The maximum absolute atomic E-state index is 10.4. The first-order valence-corrected chi connectivity index (χ1v) is 12.1. The van der Waals surface area contributed by atoms with Crippen LogP contribution in [0.2, 0.25) is 0 Å². The number of phenols is 1. The summed E-state index contributed by atoms with van der Waals surface area (Å²) in [6.45, 7) is 0. The average molecular weight is 673 g/mol. The van der Waals surface area contributed by atoms with Crippen molar-refractivity contribution in [3.63, 3.8) is 0 Å². The van der Waals surface area contributed by atoms with Crippen LogP contribution in [0.3, 0.4) is 0 Å². The smallest absolute Gasteiger partial charge is 0.140 e. The van der Waals surface area contributed by atoms with Gasteiger partial charge in [0.25, 0.3) is 0 Å². The van der Waals surface area contributed by atoms with Crippen LogP contribution in [0.25, 0.3) is 33.3 Å². The van der Waals surface area contributed by atoms with Gasteiger partial charge in [-0.25, -0.2) is 4.98 Å². The van der Waals surface area contributed by atoms with Crippen molar-refractivity contribution in [3.05, 3.63) is 121 Å². The van der Waals surface area contributed by atoms with Crippen molar-refractivity contribution in [1.29, 1.82) is 0 Å². The minimum Gasteiger partial charge on any atom is -0.506 e. The fourth-order valence-electron chi connectivity index (χ4n) is 4.82. The largest absolute Gasteiger partial charge is 0.506 e. The molecule has 186 valence electrons. The van der Waals surface area contributed by atoms with Gasteiger partial charge in [-0.3, -0.25) is 4.98 Å². The predicted molar refractivity (Wildman–Crippen MR) is 149 cm³/mol. The molecule has 0 bridgehead atoms. The van der Waals surface area contributed by atoms with E-state index in [1.54, 1.807) is 6.07 Å². The summed E-state index contributed by atoms with van der Waals surface area (Å²) < 4.78 is 0. The standard InChI is InChI=1S/C32H21N4O.Pt/c37-30-12-6-9-22-13-15-25(35-32(22)30)24-14-16-27-29(19-24)36(28-11-5-4-10-26(28)34-27)31-20-23(17-18-33-31)21-7-2-1-3-8-21;/h1-18,20,34,37H;/q-1;. The van der Waals surface area contributed by atoms with Crippen molar-refractivity contribution in [2.45, 2.75) is 0 Å². The van der Waals surface area contributed by atoms with Crippen LogP contribution in [0.5, 0.6) is 5.75 Å². The first-order chi connectivity index (χ1) is 18.2. The number of para-hydroxylation sites is 3. The summed E-state index contributed by atoms with van der Waals surface area (Å²) in [6, 6.07) is 39.6. The number of benzene rings is 4. The van der Waals surface area contributed by atoms with E-state index in [0.717, 1.165) is 56.3 Å². The first kappa shape index (κ1) is 23.9. The number of pyridine rings is 2. The molecule has 0 radical (unpaired) electrons. The van der Waals surface area contributed by atoms with Gasteiger partial charge < -0.3 is 15.3 Å². The Morgan fingerprint density at radius 1 is 0.737 bits per heavy atom. The Morgan fingerprint density at radius 2 is 1.58 bits per heavy atom. The monoisotopic (exact) mass is 672 g/mol. The van der Waals surface area contributed by atoms with E-state index in [-0.39, 0.29) is 26.8 Å². The summed E-state index contributed by atoms with van der Waals surface area (Å²) in [5.41, 5.74) is 8.13. The molecular formula is C32H21N4OPt-. The van der Waals surface area contributed by atoms with Gasteiger partial charge in [-0.05, 0) is 58.5 Å². The zero-order valence-corrected chi connectivity index (χ0v) is 22.3. The van der Waals surface area contributed by atoms with Crippen LogP contribution >= 0.6 is 0 Å². The Hall–Kier alpha value is -4.47. The van der Waals surface area contributed by atoms with Gasteiger partial charge >= 0.3 is 0 Å². The van der Waals surface area contributed by atoms with Gasteiger partial charge in [0.1, 0.15) is 17.1 Å². The number of nitrogens with zero attached hydrogens (tertiary/aromatic N) is 3. The Morgan fingerprint density at radius 3 is 2.47 bits per heavy atom. The molecule has 0 unspecified atom stereocenters. The van der Waals surface area contributed by atoms with Crippen LogP contribution in [0.4, 0.5) is 28.6 Å². The third-order valence-electron chi connectivity index (χ3n) is 6.62. The van der Waals surface area contributed by atoms with Gasteiger partial charge in [0.15, 0.2) is 0 Å². The number of anilines is 5. The van der Waals surface area contributed by atoms with Gasteiger partial charge in [-0.15, -0.1) is 23.8 Å². The number of aromatic nitrogens is 2. The fraction of sp³-hybridized carbons (Fsp3) is 0. The molecule has 1 aliphatic rings. The summed E-state index contributed by atoms with van der Waals surface area (Å²) in [7, 11) is 0. The normalized spacial score (nSPS) is 11.7. The van der Waals surface area contributed by atoms with Crippen molar-refractivity contribution in [2.24, 2.45) is 0 Å². The van der Waals surface area contributed by atoms with E-state index in [9.17, 15) is 5.11 Å². The molecule has 7 rings (SSSR count). The van der Waals surface area contributed by atoms with Crippen LogP contribution in [-0.4, -0.2) is 15.1 Å². The summed E-state index contributed by atoms with van der Waals surface area (Å²) >= 11 is 0. The number of fused-ring (bicyclic) bond motifs is 3. The van der Waals surface area contributed by atoms with Gasteiger partial charge in [0.05, 0.1) is 11.4 Å².